The van der Waals surface area contributed by atoms with Crippen LogP contribution >= 0.6 is 0 Å². The van der Waals surface area contributed by atoms with E-state index in [-0.39, 0.29) is 5.91 Å². The van der Waals surface area contributed by atoms with Crippen molar-refractivity contribution in [2.24, 2.45) is 5.92 Å². The number of piperidine rings is 1. The van der Waals surface area contributed by atoms with Crippen LogP contribution in [0.3, 0.4) is 0 Å². The highest BCUT2D eigenvalue weighted by Crippen LogP contribution is 2.19. The molecule has 0 bridgehead atoms. The molecule has 1 amide bonds. The molecule has 2 fully saturated rings. The third-order valence-corrected chi connectivity index (χ3v) is 6.33. The molecule has 1 aromatic heterocycles. The summed E-state index contributed by atoms with van der Waals surface area (Å²) in [6.45, 7) is 11.9. The molecule has 0 N–H and O–H groups in total. The van der Waals surface area contributed by atoms with Gasteiger partial charge in [0, 0.05) is 45.8 Å². The van der Waals surface area contributed by atoms with Crippen molar-refractivity contribution in [2.45, 2.75) is 39.8 Å². The smallest absolute Gasteiger partial charge is 0.236 e. The van der Waals surface area contributed by atoms with E-state index in [4.69, 9.17) is 0 Å². The second kappa shape index (κ2) is 9.71. The van der Waals surface area contributed by atoms with Gasteiger partial charge in [-0.2, -0.15) is 5.10 Å². The van der Waals surface area contributed by atoms with Crippen molar-refractivity contribution in [1.82, 2.24) is 29.5 Å². The summed E-state index contributed by atoms with van der Waals surface area (Å²) in [6, 6.07) is 10.6. The van der Waals surface area contributed by atoms with Crippen LogP contribution in [-0.4, -0.2) is 81.2 Å². The van der Waals surface area contributed by atoms with E-state index in [0.717, 1.165) is 70.4 Å². The minimum Gasteiger partial charge on any atom is -0.339 e. The number of aryl methyl sites for hydroxylation is 2. The maximum Gasteiger partial charge on any atom is 0.236 e. The minimum absolute atomic E-state index is 0.280. The van der Waals surface area contributed by atoms with Crippen molar-refractivity contribution in [3.8, 4) is 0 Å². The largest absolute Gasteiger partial charge is 0.339 e. The van der Waals surface area contributed by atoms with Crippen molar-refractivity contribution in [1.29, 1.82) is 0 Å². The van der Waals surface area contributed by atoms with E-state index in [2.05, 4.69) is 55.1 Å². The number of hydrogen-bond acceptors (Lipinski definition) is 5. The van der Waals surface area contributed by atoms with Crippen molar-refractivity contribution in [3.63, 3.8) is 0 Å². The highest BCUT2D eigenvalue weighted by atomic mass is 16.2. The number of aromatic nitrogens is 3. The van der Waals surface area contributed by atoms with Gasteiger partial charge in [-0.05, 0) is 44.7 Å². The number of carbonyl (C=O) groups is 1. The summed E-state index contributed by atoms with van der Waals surface area (Å²) in [5.41, 5.74) is 1.34. The Labute approximate surface area is 179 Å². The molecule has 1 aromatic carbocycles. The summed E-state index contributed by atoms with van der Waals surface area (Å²) in [5, 5.41) is 4.51. The van der Waals surface area contributed by atoms with E-state index in [1.165, 1.54) is 12.0 Å². The Morgan fingerprint density at radius 1 is 1.03 bits per heavy atom. The van der Waals surface area contributed by atoms with E-state index in [9.17, 15) is 4.79 Å². The van der Waals surface area contributed by atoms with E-state index in [1.54, 1.807) is 0 Å². The van der Waals surface area contributed by atoms with Gasteiger partial charge in [-0.25, -0.2) is 9.67 Å². The van der Waals surface area contributed by atoms with E-state index in [1.807, 2.05) is 18.5 Å². The fourth-order valence-electron chi connectivity index (χ4n) is 4.71. The molecule has 162 valence electrons. The molecule has 0 saturated carbocycles. The first-order chi connectivity index (χ1) is 14.6. The molecule has 7 heteroatoms. The summed E-state index contributed by atoms with van der Waals surface area (Å²) in [7, 11) is 0. The molecule has 1 atom stereocenters. The van der Waals surface area contributed by atoms with Crippen molar-refractivity contribution < 1.29 is 4.79 Å². The zero-order valence-electron chi connectivity index (χ0n) is 18.3. The van der Waals surface area contributed by atoms with Crippen LogP contribution in [0.4, 0.5) is 0 Å². The molecule has 0 radical (unpaired) electrons. The Morgan fingerprint density at radius 3 is 2.50 bits per heavy atom. The number of rotatable bonds is 6. The first-order valence-corrected chi connectivity index (χ1v) is 11.2. The van der Waals surface area contributed by atoms with Crippen LogP contribution in [0.2, 0.25) is 0 Å². The lowest BCUT2D eigenvalue weighted by molar-refractivity contribution is -0.134. The molecule has 30 heavy (non-hydrogen) atoms. The molecule has 3 heterocycles. The molecular formula is C23H34N6O. The number of likely N-dealkylation sites (tertiary alicyclic amines) is 1. The van der Waals surface area contributed by atoms with Gasteiger partial charge in [-0.3, -0.25) is 14.6 Å². The van der Waals surface area contributed by atoms with Gasteiger partial charge in [-0.15, -0.1) is 0 Å². The number of piperazine rings is 1. The number of amides is 1. The van der Waals surface area contributed by atoms with Gasteiger partial charge in [0.15, 0.2) is 0 Å². The van der Waals surface area contributed by atoms with Gasteiger partial charge in [0.1, 0.15) is 11.6 Å². The lowest BCUT2D eigenvalue weighted by atomic mass is 9.98. The van der Waals surface area contributed by atoms with Gasteiger partial charge in [0.2, 0.25) is 5.91 Å². The molecular weight excluding hydrogens is 376 g/mol. The van der Waals surface area contributed by atoms with Crippen LogP contribution in [0.1, 0.15) is 30.1 Å². The summed E-state index contributed by atoms with van der Waals surface area (Å²) in [6.07, 6.45) is 2.34. The first kappa shape index (κ1) is 21.0. The quantitative estimate of drug-likeness (QED) is 0.729. The van der Waals surface area contributed by atoms with Crippen molar-refractivity contribution >= 4 is 5.91 Å². The summed E-state index contributed by atoms with van der Waals surface area (Å²) >= 11 is 0. The van der Waals surface area contributed by atoms with E-state index < -0.39 is 0 Å². The molecule has 2 aromatic rings. The molecule has 2 saturated heterocycles. The fraction of sp³-hybridized carbons (Fsp3) is 0.609. The predicted molar refractivity (Wildman–Crippen MR) is 117 cm³/mol. The second-order valence-electron chi connectivity index (χ2n) is 8.77. The van der Waals surface area contributed by atoms with Crippen LogP contribution < -0.4 is 0 Å². The van der Waals surface area contributed by atoms with Gasteiger partial charge in [0.25, 0.3) is 0 Å². The zero-order valence-corrected chi connectivity index (χ0v) is 18.3. The Kier molecular flexibility index (Phi) is 6.79. The van der Waals surface area contributed by atoms with Crippen LogP contribution in [0.5, 0.6) is 0 Å². The molecule has 2 aliphatic heterocycles. The summed E-state index contributed by atoms with van der Waals surface area (Å²) in [5.74, 6) is 2.63. The monoisotopic (exact) mass is 410 g/mol. The molecule has 2 aliphatic rings. The number of nitrogens with zero attached hydrogens (tertiary/aromatic N) is 6. The average Bonchev–Trinajstić information content (AvgIpc) is 3.06. The Balaban J connectivity index is 1.22. The predicted octanol–water partition coefficient (Wildman–Crippen LogP) is 1.95. The topological polar surface area (TPSA) is 57.5 Å². The normalized spacial score (nSPS) is 21.1. The molecule has 4 rings (SSSR count). The third-order valence-electron chi connectivity index (χ3n) is 6.33. The van der Waals surface area contributed by atoms with Crippen LogP contribution in [0.25, 0.3) is 0 Å². The highest BCUT2D eigenvalue weighted by molar-refractivity contribution is 5.78. The lowest BCUT2D eigenvalue weighted by Crippen LogP contribution is -2.51. The Bertz CT molecular complexity index is 827. The molecule has 1 unspecified atom stereocenters. The fourth-order valence-corrected chi connectivity index (χ4v) is 4.71. The maximum atomic E-state index is 12.9. The van der Waals surface area contributed by atoms with Gasteiger partial charge < -0.3 is 4.90 Å². The maximum absolute atomic E-state index is 12.9. The molecule has 0 aliphatic carbocycles. The Hall–Kier alpha value is -2.25. The van der Waals surface area contributed by atoms with Gasteiger partial charge >= 0.3 is 0 Å². The molecule has 7 nitrogen and oxygen atoms in total. The Morgan fingerprint density at radius 2 is 1.80 bits per heavy atom. The lowest BCUT2D eigenvalue weighted by Gasteiger charge is -2.37. The van der Waals surface area contributed by atoms with Crippen LogP contribution in [0, 0.1) is 19.8 Å². The summed E-state index contributed by atoms with van der Waals surface area (Å²) < 4.78 is 2.03. The van der Waals surface area contributed by atoms with Crippen LogP contribution in [-0.2, 0) is 17.9 Å². The SMILES string of the molecule is Cc1nc(C)n(CC2CCCN(CC(=O)N3CCN(Cc4ccccc4)CC3)C2)n1. The highest BCUT2D eigenvalue weighted by Gasteiger charge is 2.26. The molecule has 0 spiro atoms. The number of carbonyl (C=O) groups excluding carboxylic acids is 1. The van der Waals surface area contributed by atoms with E-state index in [0.29, 0.717) is 12.5 Å². The third kappa shape index (κ3) is 5.46. The number of hydrogen-bond donors (Lipinski definition) is 0. The van der Waals surface area contributed by atoms with Crippen molar-refractivity contribution in [3.05, 3.63) is 47.5 Å². The average molecular weight is 411 g/mol. The first-order valence-electron chi connectivity index (χ1n) is 11.2. The number of benzene rings is 1. The second-order valence-corrected chi connectivity index (χ2v) is 8.77. The van der Waals surface area contributed by atoms with Crippen molar-refractivity contribution in [2.75, 3.05) is 45.8 Å². The van der Waals surface area contributed by atoms with E-state index >= 15 is 0 Å². The van der Waals surface area contributed by atoms with Crippen LogP contribution in [0.15, 0.2) is 30.3 Å². The minimum atomic E-state index is 0.280. The zero-order chi connectivity index (χ0) is 20.9. The van der Waals surface area contributed by atoms with Gasteiger partial charge in [-0.1, -0.05) is 30.3 Å². The summed E-state index contributed by atoms with van der Waals surface area (Å²) in [4.78, 5) is 24.1. The van der Waals surface area contributed by atoms with Gasteiger partial charge in [0.05, 0.1) is 6.54 Å². The standard InChI is InChI=1S/C23H34N6O/c1-19-24-20(2)29(25-19)17-22-9-6-10-27(16-22)18-23(30)28-13-11-26(12-14-28)15-21-7-4-3-5-8-21/h3-5,7-8,22H,6,9-18H2,1-2H3.